The summed E-state index contributed by atoms with van der Waals surface area (Å²) >= 11 is 0. The lowest BCUT2D eigenvalue weighted by molar-refractivity contribution is -0.173. The fourth-order valence-corrected chi connectivity index (χ4v) is 5.28. The normalized spacial score (nSPS) is 26.1. The Morgan fingerprint density at radius 2 is 2.11 bits per heavy atom. The van der Waals surface area contributed by atoms with Gasteiger partial charge in [0.25, 0.3) is 0 Å². The Balaban J connectivity index is 1.58. The molecule has 0 amide bonds. The Hall–Kier alpha value is -2.14. The number of rotatable bonds is 3. The highest BCUT2D eigenvalue weighted by Crippen LogP contribution is 2.41. The molecule has 0 radical (unpaired) electrons. The Kier molecular flexibility index (Phi) is 4.61. The van der Waals surface area contributed by atoms with Gasteiger partial charge in [-0.2, -0.15) is 22.6 Å². The van der Waals surface area contributed by atoms with Crippen LogP contribution in [0.1, 0.15) is 37.4 Å². The average molecular weight is 415 g/mol. The van der Waals surface area contributed by atoms with E-state index >= 15 is 0 Å². The monoisotopic (exact) mass is 415 g/mol. The zero-order valence-electron chi connectivity index (χ0n) is 15.1. The zero-order chi connectivity index (χ0) is 20.1. The van der Waals surface area contributed by atoms with Gasteiger partial charge in [0, 0.05) is 43.5 Å². The highest BCUT2D eigenvalue weighted by Gasteiger charge is 2.46. The maximum Gasteiger partial charge on any atom is 0.410 e. The number of nitrogens with zero attached hydrogens (tertiary/aromatic N) is 4. The van der Waals surface area contributed by atoms with Crippen LogP contribution in [0.3, 0.4) is 0 Å². The first kappa shape index (κ1) is 19.2. The van der Waals surface area contributed by atoms with Gasteiger partial charge in [0.2, 0.25) is 10.0 Å². The van der Waals surface area contributed by atoms with Crippen LogP contribution in [0.2, 0.25) is 0 Å². The predicted octanol–water partition coefficient (Wildman–Crippen LogP) is 2.76. The first-order valence-electron chi connectivity index (χ1n) is 8.99. The van der Waals surface area contributed by atoms with E-state index in [0.29, 0.717) is 17.9 Å². The number of pyridine rings is 1. The highest BCUT2D eigenvalue weighted by molar-refractivity contribution is 7.89. The molecule has 0 spiro atoms. The third-order valence-electron chi connectivity index (χ3n) is 5.24. The van der Waals surface area contributed by atoms with Crippen LogP contribution in [-0.4, -0.2) is 52.8 Å². The van der Waals surface area contributed by atoms with Crippen LogP contribution in [-0.2, 0) is 10.0 Å². The van der Waals surface area contributed by atoms with Gasteiger partial charge in [0.1, 0.15) is 10.7 Å². The summed E-state index contributed by atoms with van der Waals surface area (Å²) in [6, 6.07) is 2.64. The van der Waals surface area contributed by atoms with Gasteiger partial charge in [-0.1, -0.05) is 0 Å². The fraction of sp³-hybridized carbons (Fsp3) is 0.529. The lowest BCUT2D eigenvalue weighted by Crippen LogP contribution is -2.37. The Bertz CT molecular complexity index is 961. The van der Waals surface area contributed by atoms with E-state index < -0.39 is 22.2 Å². The molecule has 1 N–H and O–H groups in total. The molecule has 1 saturated heterocycles. The highest BCUT2D eigenvalue weighted by atomic mass is 32.2. The van der Waals surface area contributed by atoms with E-state index in [1.807, 2.05) is 0 Å². The third kappa shape index (κ3) is 3.37. The lowest BCUT2D eigenvalue weighted by atomic mass is 10.0. The maximum absolute atomic E-state index is 13.4. The van der Waals surface area contributed by atoms with Gasteiger partial charge in [-0.05, 0) is 31.9 Å². The number of halogens is 3. The first-order valence-corrected chi connectivity index (χ1v) is 10.4. The summed E-state index contributed by atoms with van der Waals surface area (Å²) in [5.41, 5.74) is 0.481. The molecule has 4 heterocycles. The predicted molar refractivity (Wildman–Crippen MR) is 95.4 cm³/mol. The van der Waals surface area contributed by atoms with Crippen LogP contribution in [0.5, 0.6) is 0 Å². The number of sulfonamides is 1. The molecule has 152 valence electrons. The summed E-state index contributed by atoms with van der Waals surface area (Å²) in [6.07, 6.45) is -1.20. The lowest BCUT2D eigenvalue weighted by Gasteiger charge is -2.31. The van der Waals surface area contributed by atoms with E-state index in [0.717, 1.165) is 4.68 Å². The maximum atomic E-state index is 13.4. The van der Waals surface area contributed by atoms with Crippen LogP contribution in [0.4, 0.5) is 19.0 Å². The molecule has 4 rings (SSSR count). The molecule has 3 atom stereocenters. The molecule has 0 aliphatic carbocycles. The van der Waals surface area contributed by atoms with Gasteiger partial charge in [-0.25, -0.2) is 13.1 Å². The molecule has 28 heavy (non-hydrogen) atoms. The molecule has 2 aliphatic rings. The largest absolute Gasteiger partial charge is 0.410 e. The number of nitrogens with one attached hydrogen (secondary N) is 1. The van der Waals surface area contributed by atoms with Crippen molar-refractivity contribution in [3.63, 3.8) is 0 Å². The summed E-state index contributed by atoms with van der Waals surface area (Å²) < 4.78 is 68.0. The molecule has 0 aromatic carbocycles. The molecule has 2 aromatic heterocycles. The molecule has 0 bridgehead atoms. The molecule has 2 aliphatic heterocycles. The molecular formula is C17H20F3N5O2S. The molecule has 0 unspecified atom stereocenters. The van der Waals surface area contributed by atoms with E-state index in [-0.39, 0.29) is 36.4 Å². The minimum atomic E-state index is -4.39. The second kappa shape index (κ2) is 6.73. The van der Waals surface area contributed by atoms with Crippen molar-refractivity contribution in [3.05, 3.63) is 36.3 Å². The Morgan fingerprint density at radius 1 is 1.32 bits per heavy atom. The van der Waals surface area contributed by atoms with Crippen molar-refractivity contribution in [3.8, 4) is 0 Å². The van der Waals surface area contributed by atoms with Crippen LogP contribution < -0.4 is 5.32 Å². The molecule has 0 saturated carbocycles. The van der Waals surface area contributed by atoms with Crippen molar-refractivity contribution in [2.24, 2.45) is 0 Å². The zero-order valence-corrected chi connectivity index (χ0v) is 15.9. The Labute approximate surface area is 160 Å². The van der Waals surface area contributed by atoms with Crippen molar-refractivity contribution in [2.45, 2.75) is 48.8 Å². The Morgan fingerprint density at radius 3 is 2.79 bits per heavy atom. The van der Waals surface area contributed by atoms with E-state index in [9.17, 15) is 21.6 Å². The SMILES string of the molecule is C[C@@H]1C[C@H](C(F)(F)F)n2nc([C@@H]3CCN(S(=O)(=O)c4cccnc4)C3)cc2N1. The van der Waals surface area contributed by atoms with Crippen molar-refractivity contribution in [1.29, 1.82) is 0 Å². The smallest absolute Gasteiger partial charge is 0.368 e. The number of hydrogen-bond donors (Lipinski definition) is 1. The van der Waals surface area contributed by atoms with Crippen molar-refractivity contribution >= 4 is 15.8 Å². The summed E-state index contributed by atoms with van der Waals surface area (Å²) in [5, 5.41) is 7.24. The van der Waals surface area contributed by atoms with Crippen molar-refractivity contribution in [1.82, 2.24) is 19.1 Å². The quantitative estimate of drug-likeness (QED) is 0.834. The number of aromatic nitrogens is 3. The average Bonchev–Trinajstić information content (AvgIpc) is 3.28. The minimum absolute atomic E-state index is 0.0935. The van der Waals surface area contributed by atoms with Crippen molar-refractivity contribution < 1.29 is 21.6 Å². The van der Waals surface area contributed by atoms with Gasteiger partial charge in [-0.15, -0.1) is 0 Å². The fourth-order valence-electron chi connectivity index (χ4n) is 3.81. The molecule has 1 fully saturated rings. The van der Waals surface area contributed by atoms with E-state index in [1.54, 1.807) is 19.1 Å². The molecule has 11 heteroatoms. The van der Waals surface area contributed by atoms with Gasteiger partial charge in [0.15, 0.2) is 6.04 Å². The van der Waals surface area contributed by atoms with Gasteiger partial charge < -0.3 is 5.32 Å². The first-order chi connectivity index (χ1) is 13.2. The van der Waals surface area contributed by atoms with Gasteiger partial charge >= 0.3 is 6.18 Å². The topological polar surface area (TPSA) is 80.1 Å². The standard InChI is InChI=1S/C17H20F3N5O2S/c1-11-7-15(17(18,19)20)25-16(22-11)8-14(23-25)12-4-6-24(10-12)28(26,27)13-3-2-5-21-9-13/h2-3,5,8-9,11-12,15,22H,4,6-7,10H2,1H3/t11-,12-,15-/m1/s1. The molecule has 7 nitrogen and oxygen atoms in total. The van der Waals surface area contributed by atoms with Crippen LogP contribution >= 0.6 is 0 Å². The van der Waals surface area contributed by atoms with Crippen LogP contribution in [0.15, 0.2) is 35.5 Å². The minimum Gasteiger partial charge on any atom is -0.368 e. The molecular weight excluding hydrogens is 395 g/mol. The summed E-state index contributed by atoms with van der Waals surface area (Å²) in [7, 11) is -3.68. The number of hydrogen-bond acceptors (Lipinski definition) is 5. The van der Waals surface area contributed by atoms with Gasteiger partial charge in [-0.3, -0.25) is 4.98 Å². The third-order valence-corrected chi connectivity index (χ3v) is 7.09. The number of alkyl halides is 3. The van der Waals surface area contributed by atoms with Crippen LogP contribution in [0, 0.1) is 0 Å². The summed E-state index contributed by atoms with van der Waals surface area (Å²) in [5.74, 6) is 0.0696. The summed E-state index contributed by atoms with van der Waals surface area (Å²) in [6.45, 7) is 2.17. The summed E-state index contributed by atoms with van der Waals surface area (Å²) in [4.78, 5) is 3.95. The van der Waals surface area contributed by atoms with Gasteiger partial charge in [0.05, 0.1) is 5.69 Å². The van der Waals surface area contributed by atoms with E-state index in [2.05, 4.69) is 15.4 Å². The van der Waals surface area contributed by atoms with E-state index in [1.165, 1.54) is 22.8 Å². The van der Waals surface area contributed by atoms with E-state index in [4.69, 9.17) is 0 Å². The number of anilines is 1. The van der Waals surface area contributed by atoms with Crippen LogP contribution in [0.25, 0.3) is 0 Å². The number of fused-ring (bicyclic) bond motifs is 1. The second-order valence-corrected chi connectivity index (χ2v) is 9.21. The van der Waals surface area contributed by atoms with Crippen molar-refractivity contribution in [2.75, 3.05) is 18.4 Å². The molecule has 2 aromatic rings. The second-order valence-electron chi connectivity index (χ2n) is 7.27.